The summed E-state index contributed by atoms with van der Waals surface area (Å²) in [7, 11) is 0. The molecule has 0 saturated carbocycles. The molecule has 2 aromatic rings. The number of nitrogens with one attached hydrogen (secondary N) is 1. The predicted octanol–water partition coefficient (Wildman–Crippen LogP) is 3.38. The number of thiophene rings is 1. The van der Waals surface area contributed by atoms with Crippen molar-refractivity contribution < 1.29 is 9.90 Å². The Hall–Kier alpha value is -1.88. The number of anilines is 1. The van der Waals surface area contributed by atoms with Gasteiger partial charge in [-0.1, -0.05) is 0 Å². The zero-order valence-electron chi connectivity index (χ0n) is 11.2. The monoisotopic (exact) mass is 276 g/mol. The zero-order chi connectivity index (χ0) is 14.0. The molecule has 2 aromatic heterocycles. The van der Waals surface area contributed by atoms with Crippen LogP contribution in [0.4, 0.5) is 5.82 Å². The van der Waals surface area contributed by atoms with Crippen molar-refractivity contribution in [3.05, 3.63) is 44.8 Å². The Balaban J connectivity index is 2.19. The summed E-state index contributed by atoms with van der Waals surface area (Å²) in [6.45, 7) is 6.59. The highest BCUT2D eigenvalue weighted by Crippen LogP contribution is 2.22. The molecule has 0 fully saturated rings. The maximum atomic E-state index is 11.1. The van der Waals surface area contributed by atoms with Crippen LogP contribution in [0.5, 0.6) is 0 Å². The van der Waals surface area contributed by atoms with Crippen LogP contribution in [0.15, 0.2) is 18.2 Å². The van der Waals surface area contributed by atoms with Gasteiger partial charge in [-0.2, -0.15) is 0 Å². The molecule has 0 aliphatic carbocycles. The Morgan fingerprint density at radius 1 is 1.37 bits per heavy atom. The molecule has 5 heteroatoms. The molecule has 0 saturated heterocycles. The van der Waals surface area contributed by atoms with Crippen molar-refractivity contribution in [2.24, 2.45) is 0 Å². The molecule has 2 N–H and O–H groups in total. The fraction of sp³-hybridized carbons (Fsp3) is 0.286. The van der Waals surface area contributed by atoms with E-state index in [4.69, 9.17) is 5.11 Å². The second-order valence-corrected chi connectivity index (χ2v) is 5.80. The molecule has 0 radical (unpaired) electrons. The normalized spacial score (nSPS) is 10.5. The van der Waals surface area contributed by atoms with E-state index in [0.717, 1.165) is 5.69 Å². The van der Waals surface area contributed by atoms with Crippen molar-refractivity contribution in [2.75, 3.05) is 5.32 Å². The molecule has 0 amide bonds. The number of rotatable bonds is 4. The molecule has 0 spiro atoms. The van der Waals surface area contributed by atoms with Gasteiger partial charge in [0.1, 0.15) is 11.4 Å². The maximum absolute atomic E-state index is 11.1. The van der Waals surface area contributed by atoms with Crippen LogP contribution in [0, 0.1) is 20.8 Å². The molecular weight excluding hydrogens is 260 g/mol. The third-order valence-corrected chi connectivity index (χ3v) is 4.06. The first-order valence-corrected chi connectivity index (χ1v) is 6.79. The summed E-state index contributed by atoms with van der Waals surface area (Å²) >= 11 is 1.71. The molecule has 0 aromatic carbocycles. The van der Waals surface area contributed by atoms with Gasteiger partial charge in [-0.25, -0.2) is 9.78 Å². The lowest BCUT2D eigenvalue weighted by atomic mass is 10.2. The van der Waals surface area contributed by atoms with Crippen molar-refractivity contribution in [1.29, 1.82) is 0 Å². The molecular formula is C14H16N2O2S. The molecule has 100 valence electrons. The van der Waals surface area contributed by atoms with Gasteiger partial charge in [0.05, 0.1) is 6.54 Å². The molecule has 2 heterocycles. The topological polar surface area (TPSA) is 62.2 Å². The van der Waals surface area contributed by atoms with Crippen LogP contribution in [-0.4, -0.2) is 16.1 Å². The van der Waals surface area contributed by atoms with Gasteiger partial charge in [-0.3, -0.25) is 0 Å². The van der Waals surface area contributed by atoms with E-state index in [-0.39, 0.29) is 5.56 Å². The number of aryl methyl sites for hydroxylation is 3. The number of nitrogens with zero attached hydrogens (tertiary/aromatic N) is 1. The molecule has 0 atom stereocenters. The first-order chi connectivity index (χ1) is 8.97. The average molecular weight is 276 g/mol. The highest BCUT2D eigenvalue weighted by molar-refractivity contribution is 7.12. The summed E-state index contributed by atoms with van der Waals surface area (Å²) in [6.07, 6.45) is 0. The standard InChI is InChI=1S/C14H16N2O2S/c1-8-6-11(19-10(8)3)7-15-13-12(14(17)18)5-4-9(2)16-13/h4-6H,7H2,1-3H3,(H,15,16)(H,17,18). The van der Waals surface area contributed by atoms with E-state index < -0.39 is 5.97 Å². The van der Waals surface area contributed by atoms with Crippen molar-refractivity contribution in [1.82, 2.24) is 4.98 Å². The van der Waals surface area contributed by atoms with E-state index in [1.54, 1.807) is 23.5 Å². The van der Waals surface area contributed by atoms with Gasteiger partial charge in [0.15, 0.2) is 0 Å². The highest BCUT2D eigenvalue weighted by Gasteiger charge is 2.11. The third kappa shape index (κ3) is 3.12. The van der Waals surface area contributed by atoms with E-state index in [1.165, 1.54) is 15.3 Å². The SMILES string of the molecule is Cc1ccc(C(=O)O)c(NCc2cc(C)c(C)s2)n1. The Labute approximate surface area is 116 Å². The average Bonchev–Trinajstić information content (AvgIpc) is 2.66. The Morgan fingerprint density at radius 3 is 2.68 bits per heavy atom. The number of aromatic nitrogens is 1. The summed E-state index contributed by atoms with van der Waals surface area (Å²) < 4.78 is 0. The molecule has 0 aliphatic heterocycles. The van der Waals surface area contributed by atoms with E-state index in [0.29, 0.717) is 12.4 Å². The Bertz CT molecular complexity index is 600. The molecule has 0 aliphatic rings. The summed E-state index contributed by atoms with van der Waals surface area (Å²) in [5.74, 6) is -0.537. The lowest BCUT2D eigenvalue weighted by Crippen LogP contribution is -2.08. The number of hydrogen-bond donors (Lipinski definition) is 2. The largest absolute Gasteiger partial charge is 0.478 e. The minimum atomic E-state index is -0.964. The van der Waals surface area contributed by atoms with E-state index in [2.05, 4.69) is 30.2 Å². The van der Waals surface area contributed by atoms with Gasteiger partial charge in [0.2, 0.25) is 0 Å². The lowest BCUT2D eigenvalue weighted by molar-refractivity contribution is 0.0697. The van der Waals surface area contributed by atoms with E-state index in [1.807, 2.05) is 6.92 Å². The minimum Gasteiger partial charge on any atom is -0.478 e. The lowest BCUT2D eigenvalue weighted by Gasteiger charge is -2.08. The number of hydrogen-bond acceptors (Lipinski definition) is 4. The number of carbonyl (C=O) groups is 1. The summed E-state index contributed by atoms with van der Waals surface area (Å²) in [4.78, 5) is 17.8. The second-order valence-electron chi connectivity index (χ2n) is 4.46. The van der Waals surface area contributed by atoms with Crippen molar-refractivity contribution in [3.63, 3.8) is 0 Å². The van der Waals surface area contributed by atoms with Crippen LogP contribution in [-0.2, 0) is 6.54 Å². The van der Waals surface area contributed by atoms with Crippen LogP contribution >= 0.6 is 11.3 Å². The Kier molecular flexibility index (Phi) is 3.85. The number of carboxylic acids is 1. The zero-order valence-corrected chi connectivity index (χ0v) is 12.0. The molecule has 19 heavy (non-hydrogen) atoms. The smallest absolute Gasteiger partial charge is 0.339 e. The van der Waals surface area contributed by atoms with Crippen LogP contribution in [0.1, 0.15) is 31.4 Å². The van der Waals surface area contributed by atoms with Gasteiger partial charge in [0, 0.05) is 15.4 Å². The Morgan fingerprint density at radius 2 is 2.11 bits per heavy atom. The van der Waals surface area contributed by atoms with Gasteiger partial charge >= 0.3 is 5.97 Å². The number of aromatic carboxylic acids is 1. The summed E-state index contributed by atoms with van der Waals surface area (Å²) in [5.41, 5.74) is 2.26. The molecule has 0 unspecified atom stereocenters. The first-order valence-electron chi connectivity index (χ1n) is 5.98. The third-order valence-electron chi connectivity index (χ3n) is 2.91. The predicted molar refractivity (Wildman–Crippen MR) is 77.1 cm³/mol. The van der Waals surface area contributed by atoms with Crippen LogP contribution in [0.3, 0.4) is 0 Å². The maximum Gasteiger partial charge on any atom is 0.339 e. The van der Waals surface area contributed by atoms with Crippen LogP contribution in [0.25, 0.3) is 0 Å². The van der Waals surface area contributed by atoms with Gasteiger partial charge in [-0.05, 0) is 44.5 Å². The molecule has 0 bridgehead atoms. The van der Waals surface area contributed by atoms with E-state index >= 15 is 0 Å². The fourth-order valence-electron chi connectivity index (χ4n) is 1.77. The van der Waals surface area contributed by atoms with Crippen LogP contribution in [0.2, 0.25) is 0 Å². The summed E-state index contributed by atoms with van der Waals surface area (Å²) in [6, 6.07) is 5.40. The highest BCUT2D eigenvalue weighted by atomic mass is 32.1. The number of carboxylic acid groups (broad SMARTS) is 1. The van der Waals surface area contributed by atoms with Gasteiger partial charge in [-0.15, -0.1) is 11.3 Å². The second kappa shape index (κ2) is 5.40. The van der Waals surface area contributed by atoms with Gasteiger partial charge < -0.3 is 10.4 Å². The fourth-order valence-corrected chi connectivity index (χ4v) is 2.76. The first kappa shape index (κ1) is 13.5. The van der Waals surface area contributed by atoms with Crippen molar-refractivity contribution >= 4 is 23.1 Å². The van der Waals surface area contributed by atoms with E-state index in [9.17, 15) is 4.79 Å². The molecule has 2 rings (SSSR count). The van der Waals surface area contributed by atoms with Crippen molar-refractivity contribution in [2.45, 2.75) is 27.3 Å². The summed E-state index contributed by atoms with van der Waals surface area (Å²) in [5, 5.41) is 12.2. The number of pyridine rings is 1. The molecule has 4 nitrogen and oxygen atoms in total. The van der Waals surface area contributed by atoms with Crippen LogP contribution < -0.4 is 5.32 Å². The minimum absolute atomic E-state index is 0.204. The van der Waals surface area contributed by atoms with Gasteiger partial charge in [0.25, 0.3) is 0 Å². The van der Waals surface area contributed by atoms with Crippen molar-refractivity contribution in [3.8, 4) is 0 Å². The quantitative estimate of drug-likeness (QED) is 0.898.